The highest BCUT2D eigenvalue weighted by molar-refractivity contribution is 5.88. The molecule has 0 unspecified atom stereocenters. The number of aromatic nitrogens is 1. The highest BCUT2D eigenvalue weighted by Crippen LogP contribution is 2.33. The molecule has 0 radical (unpaired) electrons. The maximum Gasteiger partial charge on any atom is 0.417 e. The average molecular weight is 316 g/mol. The molecule has 0 aliphatic rings. The number of para-hydroxylation sites is 1. The van der Waals surface area contributed by atoms with E-state index in [0.717, 1.165) is 0 Å². The van der Waals surface area contributed by atoms with Crippen molar-refractivity contribution in [1.82, 2.24) is 4.98 Å². The summed E-state index contributed by atoms with van der Waals surface area (Å²) in [5.41, 5.74) is 1.48. The van der Waals surface area contributed by atoms with Crippen LogP contribution in [0.1, 0.15) is 50.8 Å². The SMILES string of the molecule is CC(C)c1ncc(F)c(C(C)C)c1NC(=O)Oc1ccccc1. The minimum Gasteiger partial charge on any atom is -0.410 e. The Morgan fingerprint density at radius 2 is 1.78 bits per heavy atom. The Labute approximate surface area is 135 Å². The number of halogens is 1. The summed E-state index contributed by atoms with van der Waals surface area (Å²) in [4.78, 5) is 16.3. The second-order valence-electron chi connectivity index (χ2n) is 5.92. The fraction of sp³-hybridized carbons (Fsp3) is 0.333. The van der Waals surface area contributed by atoms with Gasteiger partial charge >= 0.3 is 6.09 Å². The van der Waals surface area contributed by atoms with E-state index >= 15 is 0 Å². The molecule has 1 aromatic carbocycles. The van der Waals surface area contributed by atoms with E-state index in [0.29, 0.717) is 22.7 Å². The average Bonchev–Trinajstić information content (AvgIpc) is 2.47. The van der Waals surface area contributed by atoms with Crippen LogP contribution in [0.3, 0.4) is 0 Å². The summed E-state index contributed by atoms with van der Waals surface area (Å²) in [6, 6.07) is 8.72. The van der Waals surface area contributed by atoms with Crippen molar-refractivity contribution in [3.63, 3.8) is 0 Å². The predicted octanol–water partition coefficient (Wildman–Crippen LogP) is 5.08. The monoisotopic (exact) mass is 316 g/mol. The first-order chi connectivity index (χ1) is 10.9. The third kappa shape index (κ3) is 4.06. The summed E-state index contributed by atoms with van der Waals surface area (Å²) < 4.78 is 19.4. The molecule has 0 saturated carbocycles. The van der Waals surface area contributed by atoms with Crippen LogP contribution < -0.4 is 10.1 Å². The van der Waals surface area contributed by atoms with E-state index in [1.54, 1.807) is 24.3 Å². The number of carbonyl (C=O) groups is 1. The van der Waals surface area contributed by atoms with Crippen molar-refractivity contribution >= 4 is 11.8 Å². The van der Waals surface area contributed by atoms with Crippen molar-refractivity contribution in [2.45, 2.75) is 39.5 Å². The minimum atomic E-state index is -0.660. The van der Waals surface area contributed by atoms with Gasteiger partial charge in [-0.05, 0) is 24.0 Å². The Balaban J connectivity index is 2.33. The van der Waals surface area contributed by atoms with Gasteiger partial charge in [0, 0.05) is 5.56 Å². The molecule has 0 bridgehead atoms. The Kier molecular flexibility index (Phi) is 5.32. The molecule has 4 nitrogen and oxygen atoms in total. The van der Waals surface area contributed by atoms with Gasteiger partial charge in [0.05, 0.1) is 17.6 Å². The molecular formula is C18H21FN2O2. The molecule has 1 N–H and O–H groups in total. The lowest BCUT2D eigenvalue weighted by Crippen LogP contribution is -2.21. The van der Waals surface area contributed by atoms with Gasteiger partial charge in [-0.15, -0.1) is 0 Å². The molecule has 2 rings (SSSR count). The largest absolute Gasteiger partial charge is 0.417 e. The molecule has 2 aromatic rings. The van der Waals surface area contributed by atoms with Crippen LogP contribution in [0, 0.1) is 5.82 Å². The molecular weight excluding hydrogens is 295 g/mol. The van der Waals surface area contributed by atoms with Gasteiger partial charge in [0.1, 0.15) is 11.6 Å². The molecule has 0 atom stereocenters. The first-order valence-corrected chi connectivity index (χ1v) is 7.62. The van der Waals surface area contributed by atoms with Gasteiger partial charge in [0.2, 0.25) is 0 Å². The zero-order valence-electron chi connectivity index (χ0n) is 13.8. The van der Waals surface area contributed by atoms with Crippen LogP contribution in [0.25, 0.3) is 0 Å². The Hall–Kier alpha value is -2.43. The van der Waals surface area contributed by atoms with Crippen LogP contribution in [0.15, 0.2) is 36.5 Å². The number of rotatable bonds is 4. The van der Waals surface area contributed by atoms with Gasteiger partial charge in [0.25, 0.3) is 0 Å². The van der Waals surface area contributed by atoms with Crippen LogP contribution in [-0.2, 0) is 0 Å². The number of amides is 1. The summed E-state index contributed by atoms with van der Waals surface area (Å²) in [6.07, 6.45) is 0.547. The number of carbonyl (C=O) groups excluding carboxylic acids is 1. The Morgan fingerprint density at radius 3 is 2.35 bits per heavy atom. The number of hydrogen-bond acceptors (Lipinski definition) is 3. The van der Waals surface area contributed by atoms with E-state index in [9.17, 15) is 9.18 Å². The van der Waals surface area contributed by atoms with Crippen molar-refractivity contribution in [1.29, 1.82) is 0 Å². The molecule has 0 aliphatic carbocycles. The second kappa shape index (κ2) is 7.22. The van der Waals surface area contributed by atoms with E-state index < -0.39 is 11.9 Å². The maximum atomic E-state index is 14.2. The molecule has 0 aliphatic heterocycles. The highest BCUT2D eigenvalue weighted by atomic mass is 19.1. The molecule has 0 fully saturated rings. The van der Waals surface area contributed by atoms with Gasteiger partial charge in [-0.2, -0.15) is 0 Å². The Morgan fingerprint density at radius 1 is 1.13 bits per heavy atom. The van der Waals surface area contributed by atoms with Crippen LogP contribution in [0.2, 0.25) is 0 Å². The summed E-state index contributed by atoms with van der Waals surface area (Å²) in [7, 11) is 0. The minimum absolute atomic E-state index is 0.0418. The smallest absolute Gasteiger partial charge is 0.410 e. The number of nitrogens with zero attached hydrogens (tertiary/aromatic N) is 1. The van der Waals surface area contributed by atoms with Crippen molar-refractivity contribution < 1.29 is 13.9 Å². The van der Waals surface area contributed by atoms with E-state index in [4.69, 9.17) is 4.74 Å². The van der Waals surface area contributed by atoms with Crippen LogP contribution in [0.4, 0.5) is 14.9 Å². The van der Waals surface area contributed by atoms with Crippen molar-refractivity contribution in [2.75, 3.05) is 5.32 Å². The molecule has 0 spiro atoms. The van der Waals surface area contributed by atoms with Gasteiger partial charge in [-0.25, -0.2) is 9.18 Å². The second-order valence-corrected chi connectivity index (χ2v) is 5.92. The first kappa shape index (κ1) is 16.9. The third-order valence-corrected chi connectivity index (χ3v) is 3.40. The summed E-state index contributed by atoms with van der Waals surface area (Å²) in [6.45, 7) is 7.63. The zero-order chi connectivity index (χ0) is 17.0. The van der Waals surface area contributed by atoms with Gasteiger partial charge in [-0.1, -0.05) is 45.9 Å². The van der Waals surface area contributed by atoms with Crippen molar-refractivity contribution in [3.05, 3.63) is 53.6 Å². The molecule has 23 heavy (non-hydrogen) atoms. The molecule has 0 saturated heterocycles. The molecule has 1 amide bonds. The summed E-state index contributed by atoms with van der Waals surface area (Å²) in [5, 5.41) is 2.67. The van der Waals surface area contributed by atoms with Crippen molar-refractivity contribution in [2.24, 2.45) is 0 Å². The van der Waals surface area contributed by atoms with E-state index in [1.165, 1.54) is 6.20 Å². The number of anilines is 1. The van der Waals surface area contributed by atoms with Crippen LogP contribution in [-0.4, -0.2) is 11.1 Å². The van der Waals surface area contributed by atoms with Crippen molar-refractivity contribution in [3.8, 4) is 5.75 Å². The molecule has 1 aromatic heterocycles. The first-order valence-electron chi connectivity index (χ1n) is 7.62. The lowest BCUT2D eigenvalue weighted by atomic mass is 9.97. The van der Waals surface area contributed by atoms with E-state index in [1.807, 2.05) is 33.8 Å². The number of ether oxygens (including phenoxy) is 1. The molecule has 5 heteroatoms. The number of nitrogens with one attached hydrogen (secondary N) is 1. The quantitative estimate of drug-likeness (QED) is 0.856. The molecule has 122 valence electrons. The third-order valence-electron chi connectivity index (χ3n) is 3.40. The predicted molar refractivity (Wildman–Crippen MR) is 88.5 cm³/mol. The number of pyridine rings is 1. The normalized spacial score (nSPS) is 10.9. The lowest BCUT2D eigenvalue weighted by Gasteiger charge is -2.19. The maximum absolute atomic E-state index is 14.2. The summed E-state index contributed by atoms with van der Waals surface area (Å²) >= 11 is 0. The summed E-state index contributed by atoms with van der Waals surface area (Å²) in [5.74, 6) is -0.0615. The van der Waals surface area contributed by atoms with E-state index in [2.05, 4.69) is 10.3 Å². The lowest BCUT2D eigenvalue weighted by molar-refractivity contribution is 0.215. The fourth-order valence-electron chi connectivity index (χ4n) is 2.37. The Bertz CT molecular complexity index is 685. The topological polar surface area (TPSA) is 51.2 Å². The zero-order valence-corrected chi connectivity index (χ0v) is 13.8. The van der Waals surface area contributed by atoms with Crippen LogP contribution in [0.5, 0.6) is 5.75 Å². The van der Waals surface area contributed by atoms with Gasteiger partial charge in [-0.3, -0.25) is 10.3 Å². The number of benzene rings is 1. The molecule has 1 heterocycles. The van der Waals surface area contributed by atoms with Crippen LogP contribution >= 0.6 is 0 Å². The highest BCUT2D eigenvalue weighted by Gasteiger charge is 2.21. The fourth-order valence-corrected chi connectivity index (χ4v) is 2.37. The van der Waals surface area contributed by atoms with Gasteiger partial charge in [0.15, 0.2) is 0 Å². The van der Waals surface area contributed by atoms with E-state index in [-0.39, 0.29) is 11.8 Å². The standard InChI is InChI=1S/C18H21FN2O2/c1-11(2)15-14(19)10-20-16(12(3)4)17(15)21-18(22)23-13-8-6-5-7-9-13/h5-12H,1-4H3,(H,21,22). The number of hydrogen-bond donors (Lipinski definition) is 1. The van der Waals surface area contributed by atoms with Gasteiger partial charge < -0.3 is 4.74 Å².